The molecule has 1 fully saturated rings. The van der Waals surface area contributed by atoms with Crippen LogP contribution in [0.15, 0.2) is 12.4 Å². The molecular weight excluding hydrogens is 296 g/mol. The molecule has 7 heteroatoms. The number of nitrogens with zero attached hydrogens (tertiary/aromatic N) is 4. The molecule has 23 heavy (non-hydrogen) atoms. The van der Waals surface area contributed by atoms with Crippen molar-refractivity contribution in [3.05, 3.63) is 18.0 Å². The summed E-state index contributed by atoms with van der Waals surface area (Å²) in [6.07, 6.45) is 5.81. The third kappa shape index (κ3) is 5.02. The summed E-state index contributed by atoms with van der Waals surface area (Å²) >= 11 is 0. The molecule has 130 valence electrons. The maximum atomic E-state index is 12.1. The lowest BCUT2D eigenvalue weighted by Crippen LogP contribution is -2.43. The van der Waals surface area contributed by atoms with Crippen LogP contribution in [0, 0.1) is 0 Å². The third-order valence-corrected chi connectivity index (χ3v) is 4.26. The van der Waals surface area contributed by atoms with Crippen LogP contribution in [0.2, 0.25) is 0 Å². The minimum absolute atomic E-state index is 0.124. The van der Waals surface area contributed by atoms with Crippen molar-refractivity contribution in [2.75, 3.05) is 47.5 Å². The number of hydrogen-bond donors (Lipinski definition) is 0. The normalized spacial score (nSPS) is 21.7. The molecule has 0 aliphatic carbocycles. The fourth-order valence-electron chi connectivity index (χ4n) is 2.95. The van der Waals surface area contributed by atoms with E-state index in [1.165, 1.54) is 5.56 Å². The first kappa shape index (κ1) is 17.9. The highest BCUT2D eigenvalue weighted by Crippen LogP contribution is 2.24. The first-order valence-corrected chi connectivity index (χ1v) is 8.03. The molecule has 0 radical (unpaired) electrons. The van der Waals surface area contributed by atoms with Crippen molar-refractivity contribution >= 4 is 5.91 Å². The molecular formula is C16H28N4O3. The summed E-state index contributed by atoms with van der Waals surface area (Å²) < 4.78 is 12.9. The van der Waals surface area contributed by atoms with E-state index in [0.29, 0.717) is 19.8 Å². The number of rotatable bonds is 8. The number of likely N-dealkylation sites (tertiary alicyclic amines) is 1. The van der Waals surface area contributed by atoms with E-state index in [9.17, 15) is 4.79 Å². The molecule has 1 saturated heterocycles. The molecule has 0 aromatic carbocycles. The monoisotopic (exact) mass is 324 g/mol. The summed E-state index contributed by atoms with van der Waals surface area (Å²) in [5, 5.41) is 4.24. The van der Waals surface area contributed by atoms with Crippen LogP contribution in [0.25, 0.3) is 0 Å². The second-order valence-electron chi connectivity index (χ2n) is 6.24. The molecule has 1 aliphatic rings. The number of carbonyl (C=O) groups excluding carboxylic acids is 1. The lowest BCUT2D eigenvalue weighted by molar-refractivity contribution is -0.130. The second-order valence-corrected chi connectivity index (χ2v) is 6.24. The fraction of sp³-hybridized carbons (Fsp3) is 0.750. The Bertz CT molecular complexity index is 503. The zero-order valence-electron chi connectivity index (χ0n) is 14.6. The summed E-state index contributed by atoms with van der Waals surface area (Å²) in [5.74, 6) is 0.124. The Hall–Kier alpha value is -1.44. The van der Waals surface area contributed by atoms with Crippen molar-refractivity contribution in [1.29, 1.82) is 0 Å². The average molecular weight is 324 g/mol. The van der Waals surface area contributed by atoms with E-state index in [-0.39, 0.29) is 18.1 Å². The van der Waals surface area contributed by atoms with Gasteiger partial charge >= 0.3 is 0 Å². The Morgan fingerprint density at radius 1 is 1.43 bits per heavy atom. The highest BCUT2D eigenvalue weighted by molar-refractivity contribution is 5.77. The van der Waals surface area contributed by atoms with Crippen LogP contribution >= 0.6 is 0 Å². The molecule has 0 bridgehead atoms. The summed E-state index contributed by atoms with van der Waals surface area (Å²) in [4.78, 5) is 15.9. The number of methoxy groups -OCH3 is 1. The third-order valence-electron chi connectivity index (χ3n) is 4.26. The summed E-state index contributed by atoms with van der Waals surface area (Å²) in [5.41, 5.74) is 1.17. The number of carbonyl (C=O) groups is 1. The number of aromatic nitrogens is 2. The van der Waals surface area contributed by atoms with Crippen LogP contribution in [-0.2, 0) is 27.7 Å². The van der Waals surface area contributed by atoms with Crippen molar-refractivity contribution < 1.29 is 14.3 Å². The highest BCUT2D eigenvalue weighted by Gasteiger charge is 2.36. The summed E-state index contributed by atoms with van der Waals surface area (Å²) in [7, 11) is 7.17. The van der Waals surface area contributed by atoms with Crippen LogP contribution in [0.1, 0.15) is 12.0 Å². The van der Waals surface area contributed by atoms with Crippen molar-refractivity contribution in [3.8, 4) is 0 Å². The summed E-state index contributed by atoms with van der Waals surface area (Å²) in [6.45, 7) is 2.48. The molecule has 2 heterocycles. The van der Waals surface area contributed by atoms with Gasteiger partial charge < -0.3 is 14.4 Å². The van der Waals surface area contributed by atoms with E-state index in [0.717, 1.165) is 19.4 Å². The van der Waals surface area contributed by atoms with Gasteiger partial charge in [-0.1, -0.05) is 0 Å². The SMILES string of the molecule is COCCO[C@@H]1CCN(CC(=O)N(C)C)[C@H]1Cc1cnn(C)c1. The topological polar surface area (TPSA) is 59.8 Å². The second kappa shape index (κ2) is 8.42. The largest absolute Gasteiger partial charge is 0.382 e. The molecule has 1 aliphatic heterocycles. The van der Waals surface area contributed by atoms with Crippen molar-refractivity contribution in [3.63, 3.8) is 0 Å². The van der Waals surface area contributed by atoms with E-state index in [1.807, 2.05) is 19.4 Å². The zero-order valence-corrected chi connectivity index (χ0v) is 14.6. The molecule has 1 amide bonds. The van der Waals surface area contributed by atoms with E-state index < -0.39 is 0 Å². The summed E-state index contributed by atoms with van der Waals surface area (Å²) in [6, 6.07) is 0.194. The number of likely N-dealkylation sites (N-methyl/N-ethyl adjacent to an activating group) is 1. The van der Waals surface area contributed by atoms with E-state index in [2.05, 4.69) is 10.00 Å². The molecule has 0 N–H and O–H groups in total. The Labute approximate surface area is 138 Å². The molecule has 0 spiro atoms. The number of ether oxygens (including phenoxy) is 2. The Morgan fingerprint density at radius 2 is 2.22 bits per heavy atom. The maximum absolute atomic E-state index is 12.1. The van der Waals surface area contributed by atoms with Crippen LogP contribution in [-0.4, -0.2) is 85.1 Å². The Kier molecular flexibility index (Phi) is 6.56. The van der Waals surface area contributed by atoms with Crippen LogP contribution in [0.3, 0.4) is 0 Å². The van der Waals surface area contributed by atoms with Gasteiger partial charge in [-0.25, -0.2) is 0 Å². The first-order chi connectivity index (χ1) is 11.0. The van der Waals surface area contributed by atoms with Gasteiger partial charge in [-0.15, -0.1) is 0 Å². The van der Waals surface area contributed by atoms with Gasteiger partial charge in [0.1, 0.15) is 0 Å². The molecule has 1 aromatic heterocycles. The minimum Gasteiger partial charge on any atom is -0.382 e. The fourth-order valence-corrected chi connectivity index (χ4v) is 2.95. The van der Waals surface area contributed by atoms with E-state index >= 15 is 0 Å². The molecule has 7 nitrogen and oxygen atoms in total. The van der Waals surface area contributed by atoms with Gasteiger partial charge in [-0.05, 0) is 18.4 Å². The van der Waals surface area contributed by atoms with Crippen LogP contribution < -0.4 is 0 Å². The molecule has 2 rings (SSSR count). The predicted molar refractivity (Wildman–Crippen MR) is 87.2 cm³/mol. The number of aryl methyl sites for hydroxylation is 1. The smallest absolute Gasteiger partial charge is 0.236 e. The number of amides is 1. The molecule has 0 unspecified atom stereocenters. The highest BCUT2D eigenvalue weighted by atomic mass is 16.5. The molecule has 0 saturated carbocycles. The van der Waals surface area contributed by atoms with Gasteiger partial charge in [0.2, 0.25) is 5.91 Å². The van der Waals surface area contributed by atoms with Gasteiger partial charge in [0.15, 0.2) is 0 Å². The standard InChI is InChI=1S/C16H28N4O3/c1-18(2)16(21)12-20-6-5-15(23-8-7-22-4)14(20)9-13-10-17-19(3)11-13/h10-11,14-15H,5-9,12H2,1-4H3/t14-,15+/m0/s1. The van der Waals surface area contributed by atoms with Gasteiger partial charge in [0.25, 0.3) is 0 Å². The van der Waals surface area contributed by atoms with Crippen LogP contribution in [0.5, 0.6) is 0 Å². The van der Waals surface area contributed by atoms with Crippen molar-refractivity contribution in [1.82, 2.24) is 19.6 Å². The Balaban J connectivity index is 2.03. The van der Waals surface area contributed by atoms with Gasteiger partial charge in [-0.3, -0.25) is 14.4 Å². The molecule has 1 aromatic rings. The lowest BCUT2D eigenvalue weighted by Gasteiger charge is -2.28. The van der Waals surface area contributed by atoms with Crippen molar-refractivity contribution in [2.24, 2.45) is 7.05 Å². The Morgan fingerprint density at radius 3 is 2.83 bits per heavy atom. The zero-order chi connectivity index (χ0) is 16.8. The maximum Gasteiger partial charge on any atom is 0.236 e. The van der Waals surface area contributed by atoms with Gasteiger partial charge in [-0.2, -0.15) is 5.10 Å². The number of hydrogen-bond acceptors (Lipinski definition) is 5. The van der Waals surface area contributed by atoms with Crippen LogP contribution in [0.4, 0.5) is 0 Å². The average Bonchev–Trinajstić information content (AvgIpc) is 3.08. The predicted octanol–water partition coefficient (Wildman–Crippen LogP) is 0.157. The van der Waals surface area contributed by atoms with E-state index in [1.54, 1.807) is 30.8 Å². The van der Waals surface area contributed by atoms with E-state index in [4.69, 9.17) is 9.47 Å². The minimum atomic E-state index is 0.124. The van der Waals surface area contributed by atoms with Gasteiger partial charge in [0, 0.05) is 47.0 Å². The van der Waals surface area contributed by atoms with Crippen molar-refractivity contribution in [2.45, 2.75) is 25.0 Å². The lowest BCUT2D eigenvalue weighted by atomic mass is 10.0. The first-order valence-electron chi connectivity index (χ1n) is 8.03. The quantitative estimate of drug-likeness (QED) is 0.638. The molecule has 2 atom stereocenters. The van der Waals surface area contributed by atoms with Gasteiger partial charge in [0.05, 0.1) is 32.1 Å².